The number of aromatic hydroxyl groups is 1. The van der Waals surface area contributed by atoms with Gasteiger partial charge in [0.15, 0.2) is 0 Å². The third-order valence-electron chi connectivity index (χ3n) is 2.33. The molecule has 6 heteroatoms. The fourth-order valence-electron chi connectivity index (χ4n) is 1.48. The van der Waals surface area contributed by atoms with Gasteiger partial charge < -0.3 is 20.4 Å². The molecule has 102 valence electrons. The number of nitrogens with zero attached hydrogens (tertiary/aromatic N) is 1. The Kier molecular flexibility index (Phi) is 4.52. The zero-order valence-corrected chi connectivity index (χ0v) is 10.8. The summed E-state index contributed by atoms with van der Waals surface area (Å²) in [6.07, 6.45) is 0. The van der Waals surface area contributed by atoms with E-state index in [0.29, 0.717) is 12.2 Å². The number of urea groups is 1. The Balaban J connectivity index is 2.83. The van der Waals surface area contributed by atoms with Crippen LogP contribution in [-0.2, 0) is 0 Å². The van der Waals surface area contributed by atoms with Crippen LogP contribution in [0.5, 0.6) is 5.75 Å². The highest BCUT2D eigenvalue weighted by Gasteiger charge is 2.13. The highest BCUT2D eigenvalue weighted by Crippen LogP contribution is 2.21. The largest absolute Gasteiger partial charge is 0.507 e. The van der Waals surface area contributed by atoms with Crippen molar-refractivity contribution in [1.29, 1.82) is 0 Å². The Morgan fingerprint density at radius 3 is 2.58 bits per heavy atom. The van der Waals surface area contributed by atoms with Crippen molar-refractivity contribution < 1.29 is 19.8 Å². The number of phenols is 1. The fourth-order valence-corrected chi connectivity index (χ4v) is 1.48. The van der Waals surface area contributed by atoms with Crippen LogP contribution in [0.1, 0.15) is 17.3 Å². The fraction of sp³-hybridized carbons (Fsp3) is 0.231. The van der Waals surface area contributed by atoms with Crippen molar-refractivity contribution in [2.45, 2.75) is 6.92 Å². The predicted octanol–water partition coefficient (Wildman–Crippen LogP) is 2.13. The second-order valence-corrected chi connectivity index (χ2v) is 4.28. The minimum atomic E-state index is -1.26. The lowest BCUT2D eigenvalue weighted by molar-refractivity contribution is 0.0693. The maximum atomic E-state index is 11.8. The summed E-state index contributed by atoms with van der Waals surface area (Å²) in [5, 5.41) is 20.8. The number of carboxylic acid groups (broad SMARTS) is 1. The van der Waals surface area contributed by atoms with E-state index in [2.05, 4.69) is 11.9 Å². The van der Waals surface area contributed by atoms with Gasteiger partial charge in [-0.15, -0.1) is 0 Å². The number of aromatic carboxylic acids is 1. The molecule has 3 N–H and O–H groups in total. The molecule has 0 saturated carbocycles. The minimum Gasteiger partial charge on any atom is -0.507 e. The number of carbonyl (C=O) groups excluding carboxylic acids is 1. The van der Waals surface area contributed by atoms with Crippen molar-refractivity contribution in [3.05, 3.63) is 35.9 Å². The first-order chi connectivity index (χ1) is 8.81. The van der Waals surface area contributed by atoms with E-state index in [1.165, 1.54) is 23.1 Å². The summed E-state index contributed by atoms with van der Waals surface area (Å²) in [6, 6.07) is 3.46. The lowest BCUT2D eigenvalue weighted by atomic mass is 10.2. The van der Waals surface area contributed by atoms with Crippen LogP contribution in [0.4, 0.5) is 10.5 Å². The summed E-state index contributed by atoms with van der Waals surface area (Å²) < 4.78 is 0. The molecular weight excluding hydrogens is 248 g/mol. The number of hydrogen-bond donors (Lipinski definition) is 3. The number of carbonyl (C=O) groups is 2. The van der Waals surface area contributed by atoms with Crippen LogP contribution in [0, 0.1) is 0 Å². The van der Waals surface area contributed by atoms with Gasteiger partial charge in [-0.3, -0.25) is 0 Å². The van der Waals surface area contributed by atoms with E-state index in [9.17, 15) is 14.7 Å². The average Bonchev–Trinajstić information content (AvgIpc) is 2.30. The molecule has 0 saturated heterocycles. The summed E-state index contributed by atoms with van der Waals surface area (Å²) >= 11 is 0. The first-order valence-corrected chi connectivity index (χ1v) is 5.54. The van der Waals surface area contributed by atoms with Gasteiger partial charge in [0.25, 0.3) is 0 Å². The average molecular weight is 264 g/mol. The van der Waals surface area contributed by atoms with Gasteiger partial charge >= 0.3 is 12.0 Å². The van der Waals surface area contributed by atoms with E-state index in [1.54, 1.807) is 14.0 Å². The quantitative estimate of drug-likeness (QED) is 0.574. The number of likely N-dealkylation sites (N-methyl/N-ethyl adjacent to an activating group) is 1. The van der Waals surface area contributed by atoms with Crippen LogP contribution in [0.3, 0.4) is 0 Å². The zero-order chi connectivity index (χ0) is 14.6. The molecule has 2 amide bonds. The number of carboxylic acids is 1. The van der Waals surface area contributed by atoms with Crippen molar-refractivity contribution in [2.24, 2.45) is 0 Å². The van der Waals surface area contributed by atoms with E-state index in [1.807, 2.05) is 0 Å². The molecule has 1 aromatic rings. The monoisotopic (exact) mass is 264 g/mol. The molecular formula is C13H16N2O4. The molecule has 0 unspecified atom stereocenters. The first-order valence-electron chi connectivity index (χ1n) is 5.54. The molecule has 0 bridgehead atoms. The molecule has 0 aliphatic rings. The lowest BCUT2D eigenvalue weighted by Gasteiger charge is -2.18. The molecule has 0 spiro atoms. The Morgan fingerprint density at radius 1 is 1.42 bits per heavy atom. The zero-order valence-electron chi connectivity index (χ0n) is 10.8. The van der Waals surface area contributed by atoms with E-state index >= 15 is 0 Å². The molecule has 1 rings (SSSR count). The maximum absolute atomic E-state index is 11.8. The number of rotatable bonds is 4. The van der Waals surface area contributed by atoms with E-state index in [0.717, 1.165) is 5.57 Å². The summed E-state index contributed by atoms with van der Waals surface area (Å²) in [5.41, 5.74) is 0.865. The Morgan fingerprint density at radius 2 is 2.05 bits per heavy atom. The smallest absolute Gasteiger partial charge is 0.339 e. The third-order valence-corrected chi connectivity index (χ3v) is 2.33. The summed E-state index contributed by atoms with van der Waals surface area (Å²) in [5.74, 6) is -1.61. The van der Waals surface area contributed by atoms with Crippen LogP contribution in [0.2, 0.25) is 0 Å². The van der Waals surface area contributed by atoms with Gasteiger partial charge in [0, 0.05) is 19.3 Å². The number of amides is 2. The van der Waals surface area contributed by atoms with Crippen LogP contribution >= 0.6 is 0 Å². The van der Waals surface area contributed by atoms with Crippen LogP contribution in [-0.4, -0.2) is 40.7 Å². The number of benzene rings is 1. The van der Waals surface area contributed by atoms with Gasteiger partial charge in [-0.05, 0) is 25.1 Å². The highest BCUT2D eigenvalue weighted by molar-refractivity contribution is 5.95. The second-order valence-electron chi connectivity index (χ2n) is 4.28. The highest BCUT2D eigenvalue weighted by atomic mass is 16.4. The maximum Gasteiger partial charge on any atom is 0.339 e. The number of anilines is 1. The Labute approximate surface area is 111 Å². The Bertz CT molecular complexity index is 525. The summed E-state index contributed by atoms with van der Waals surface area (Å²) in [4.78, 5) is 24.0. The van der Waals surface area contributed by atoms with E-state index in [4.69, 9.17) is 5.11 Å². The molecule has 0 fully saturated rings. The summed E-state index contributed by atoms with van der Waals surface area (Å²) in [6.45, 7) is 5.90. The topological polar surface area (TPSA) is 89.9 Å². The lowest BCUT2D eigenvalue weighted by Crippen LogP contribution is -2.32. The standard InChI is InChI=1S/C13H16N2O4/c1-8(2)7-15(3)13(19)14-9-4-5-11(16)10(6-9)12(17)18/h4-6,16H,1,7H2,2-3H3,(H,14,19)(H,17,18). The normalized spacial score (nSPS) is 9.79. The number of nitrogens with one attached hydrogen (secondary N) is 1. The van der Waals surface area contributed by atoms with Gasteiger partial charge in [0.05, 0.1) is 0 Å². The molecule has 0 radical (unpaired) electrons. The molecule has 0 atom stereocenters. The molecule has 0 aliphatic heterocycles. The first kappa shape index (κ1) is 14.6. The van der Waals surface area contributed by atoms with E-state index in [-0.39, 0.29) is 17.3 Å². The van der Waals surface area contributed by atoms with Crippen LogP contribution < -0.4 is 5.32 Å². The number of hydrogen-bond acceptors (Lipinski definition) is 3. The molecule has 19 heavy (non-hydrogen) atoms. The SMILES string of the molecule is C=C(C)CN(C)C(=O)Nc1ccc(O)c(C(=O)O)c1. The third kappa shape index (κ3) is 4.02. The van der Waals surface area contributed by atoms with Crippen molar-refractivity contribution in [2.75, 3.05) is 18.9 Å². The van der Waals surface area contributed by atoms with Gasteiger partial charge in [-0.1, -0.05) is 12.2 Å². The Hall–Kier alpha value is -2.50. The van der Waals surface area contributed by atoms with Crippen molar-refractivity contribution in [3.63, 3.8) is 0 Å². The van der Waals surface area contributed by atoms with Crippen LogP contribution in [0.15, 0.2) is 30.4 Å². The second kappa shape index (κ2) is 5.90. The minimum absolute atomic E-state index is 0.264. The van der Waals surface area contributed by atoms with Crippen molar-refractivity contribution in [3.8, 4) is 5.75 Å². The van der Waals surface area contributed by atoms with Gasteiger partial charge in [0.2, 0.25) is 0 Å². The molecule has 6 nitrogen and oxygen atoms in total. The van der Waals surface area contributed by atoms with Crippen molar-refractivity contribution in [1.82, 2.24) is 4.90 Å². The van der Waals surface area contributed by atoms with Gasteiger partial charge in [-0.2, -0.15) is 0 Å². The molecule has 0 aromatic heterocycles. The molecule has 1 aromatic carbocycles. The predicted molar refractivity (Wildman–Crippen MR) is 71.5 cm³/mol. The van der Waals surface area contributed by atoms with Crippen molar-refractivity contribution >= 4 is 17.7 Å². The van der Waals surface area contributed by atoms with Gasteiger partial charge in [-0.25, -0.2) is 9.59 Å². The molecule has 0 aliphatic carbocycles. The van der Waals surface area contributed by atoms with Gasteiger partial charge in [0.1, 0.15) is 11.3 Å². The molecule has 0 heterocycles. The summed E-state index contributed by atoms with van der Waals surface area (Å²) in [7, 11) is 1.60. The van der Waals surface area contributed by atoms with Crippen LogP contribution in [0.25, 0.3) is 0 Å². The van der Waals surface area contributed by atoms with E-state index < -0.39 is 5.97 Å².